The first-order chi connectivity index (χ1) is 16.7. The molecule has 3 aliphatic rings. The van der Waals surface area contributed by atoms with Gasteiger partial charge in [0.2, 0.25) is 11.8 Å². The van der Waals surface area contributed by atoms with Crippen LogP contribution in [0.5, 0.6) is 0 Å². The molecule has 196 valence electrons. The molecule has 3 rings (SSSR count). The van der Waals surface area contributed by atoms with Crippen molar-refractivity contribution in [1.29, 1.82) is 0 Å². The van der Waals surface area contributed by atoms with E-state index in [4.69, 9.17) is 0 Å². The van der Waals surface area contributed by atoms with Crippen LogP contribution < -0.4 is 20.4 Å². The number of rotatable bonds is 14. The van der Waals surface area contributed by atoms with Gasteiger partial charge in [0, 0.05) is 38.8 Å². The van der Waals surface area contributed by atoms with E-state index in [-0.39, 0.29) is 11.8 Å². The van der Waals surface area contributed by atoms with E-state index < -0.39 is 0 Å². The maximum Gasteiger partial charge on any atom is 0.220 e. The van der Waals surface area contributed by atoms with E-state index in [1.54, 1.807) is 9.80 Å². The van der Waals surface area contributed by atoms with Crippen molar-refractivity contribution in [1.82, 2.24) is 10.6 Å². The van der Waals surface area contributed by atoms with E-state index in [9.17, 15) is 9.59 Å². The summed E-state index contributed by atoms with van der Waals surface area (Å²) in [6.07, 6.45) is 19.4. The van der Waals surface area contributed by atoms with Crippen molar-refractivity contribution in [2.75, 3.05) is 52.4 Å². The Labute approximate surface area is 209 Å². The monoisotopic (exact) mass is 478 g/mol. The number of nitrogens with one attached hydrogen (secondary N) is 4. The second-order valence-corrected chi connectivity index (χ2v) is 11.5. The van der Waals surface area contributed by atoms with Crippen LogP contribution in [0, 0.1) is 11.8 Å². The summed E-state index contributed by atoms with van der Waals surface area (Å²) in [6, 6.07) is 0. The summed E-state index contributed by atoms with van der Waals surface area (Å²) >= 11 is 0. The highest BCUT2D eigenvalue weighted by molar-refractivity contribution is 5.76. The van der Waals surface area contributed by atoms with Crippen LogP contribution in [0.25, 0.3) is 0 Å². The van der Waals surface area contributed by atoms with Crippen LogP contribution in [0.3, 0.4) is 0 Å². The predicted octanol–water partition coefficient (Wildman–Crippen LogP) is 1.50. The number of hydrogen-bond donors (Lipinski definition) is 4. The number of amides is 2. The third-order valence-corrected chi connectivity index (χ3v) is 8.73. The normalized spacial score (nSPS) is 24.6. The molecule has 0 atom stereocenters. The summed E-state index contributed by atoms with van der Waals surface area (Å²) in [6.45, 7) is 8.96. The molecule has 2 aliphatic carbocycles. The number of piperazine rings is 1. The molecular formula is C28H54N4O2+2. The first-order valence-corrected chi connectivity index (χ1v) is 14.9. The molecule has 6 nitrogen and oxygen atoms in total. The molecule has 0 aromatic rings. The van der Waals surface area contributed by atoms with Gasteiger partial charge in [-0.2, -0.15) is 0 Å². The van der Waals surface area contributed by atoms with Gasteiger partial charge in [-0.25, -0.2) is 0 Å². The van der Waals surface area contributed by atoms with Gasteiger partial charge in [0.1, 0.15) is 26.2 Å². The fourth-order valence-electron chi connectivity index (χ4n) is 6.39. The van der Waals surface area contributed by atoms with Gasteiger partial charge in [0.25, 0.3) is 0 Å². The van der Waals surface area contributed by atoms with Crippen molar-refractivity contribution in [3.05, 3.63) is 0 Å². The quantitative estimate of drug-likeness (QED) is 0.286. The molecule has 4 N–H and O–H groups in total. The van der Waals surface area contributed by atoms with Crippen molar-refractivity contribution in [2.45, 2.75) is 103 Å². The van der Waals surface area contributed by atoms with Gasteiger partial charge in [0.05, 0.1) is 13.1 Å². The third kappa shape index (κ3) is 11.5. The predicted molar refractivity (Wildman–Crippen MR) is 138 cm³/mol. The summed E-state index contributed by atoms with van der Waals surface area (Å²) in [4.78, 5) is 27.6. The van der Waals surface area contributed by atoms with Gasteiger partial charge in [-0.1, -0.05) is 64.2 Å². The molecule has 6 heteroatoms. The molecule has 1 aliphatic heterocycles. The molecule has 2 saturated carbocycles. The van der Waals surface area contributed by atoms with E-state index in [0.717, 1.165) is 63.5 Å². The molecule has 0 bridgehead atoms. The van der Waals surface area contributed by atoms with Crippen molar-refractivity contribution in [2.24, 2.45) is 11.8 Å². The Bertz CT molecular complexity index is 515. The molecule has 2 amide bonds. The molecule has 1 heterocycles. The van der Waals surface area contributed by atoms with Crippen molar-refractivity contribution >= 4 is 11.8 Å². The fraction of sp³-hybridized carbons (Fsp3) is 0.929. The lowest BCUT2D eigenvalue weighted by Crippen LogP contribution is -3.28. The van der Waals surface area contributed by atoms with Crippen molar-refractivity contribution < 1.29 is 19.4 Å². The fourth-order valence-corrected chi connectivity index (χ4v) is 6.39. The first kappa shape index (κ1) is 27.4. The Morgan fingerprint density at radius 1 is 0.588 bits per heavy atom. The summed E-state index contributed by atoms with van der Waals surface area (Å²) in [5.74, 6) is 2.11. The summed E-state index contributed by atoms with van der Waals surface area (Å²) in [5.41, 5.74) is 0. The standard InChI is InChI=1S/C28H52N4O2/c33-27(15-13-25-9-3-1-4-10-25)29-17-7-19-31-21-23-32(24-22-31)20-8-18-30-28(34)16-14-26-11-5-2-6-12-26/h25-26H,1-24H2,(H,29,33)(H,30,34)/p+2. The molecule has 0 unspecified atom stereocenters. The van der Waals surface area contributed by atoms with E-state index in [1.165, 1.54) is 103 Å². The average Bonchev–Trinajstić information content (AvgIpc) is 2.88. The van der Waals surface area contributed by atoms with Gasteiger partial charge < -0.3 is 20.4 Å². The maximum absolute atomic E-state index is 12.1. The van der Waals surface area contributed by atoms with Gasteiger partial charge >= 0.3 is 0 Å². The van der Waals surface area contributed by atoms with Crippen LogP contribution in [0.15, 0.2) is 0 Å². The van der Waals surface area contributed by atoms with Gasteiger partial charge in [0.15, 0.2) is 0 Å². The van der Waals surface area contributed by atoms with Crippen LogP contribution in [0.2, 0.25) is 0 Å². The van der Waals surface area contributed by atoms with Gasteiger partial charge in [-0.15, -0.1) is 0 Å². The Kier molecular flexibility index (Phi) is 13.3. The lowest BCUT2D eigenvalue weighted by molar-refractivity contribution is -1.01. The van der Waals surface area contributed by atoms with Crippen LogP contribution in [-0.2, 0) is 9.59 Å². The highest BCUT2D eigenvalue weighted by atomic mass is 16.2. The molecule has 3 fully saturated rings. The SMILES string of the molecule is O=C(CCC1CCCCC1)NCCC[NH+]1CC[NH+](CCCNC(=O)CCC2CCCCC2)CC1. The zero-order valence-corrected chi connectivity index (χ0v) is 21.9. The van der Waals surface area contributed by atoms with Crippen LogP contribution in [-0.4, -0.2) is 64.2 Å². The number of carbonyl (C=O) groups is 2. The number of carbonyl (C=O) groups excluding carboxylic acids is 2. The minimum atomic E-state index is 0.260. The third-order valence-electron chi connectivity index (χ3n) is 8.73. The topological polar surface area (TPSA) is 67.1 Å². The number of quaternary nitrogens is 2. The number of hydrogen-bond acceptors (Lipinski definition) is 2. The lowest BCUT2D eigenvalue weighted by atomic mass is 9.86. The minimum absolute atomic E-state index is 0.260. The summed E-state index contributed by atoms with van der Waals surface area (Å²) in [5, 5.41) is 6.30. The largest absolute Gasteiger partial charge is 0.356 e. The molecule has 1 saturated heterocycles. The molecular weight excluding hydrogens is 424 g/mol. The summed E-state index contributed by atoms with van der Waals surface area (Å²) in [7, 11) is 0. The minimum Gasteiger partial charge on any atom is -0.356 e. The molecule has 0 aromatic heterocycles. The molecule has 0 aromatic carbocycles. The molecule has 34 heavy (non-hydrogen) atoms. The first-order valence-electron chi connectivity index (χ1n) is 14.9. The van der Waals surface area contributed by atoms with Crippen molar-refractivity contribution in [3.8, 4) is 0 Å². The van der Waals surface area contributed by atoms with Crippen LogP contribution in [0.4, 0.5) is 0 Å². The Morgan fingerprint density at radius 3 is 1.35 bits per heavy atom. The lowest BCUT2D eigenvalue weighted by Gasteiger charge is -2.29. The van der Waals surface area contributed by atoms with Crippen LogP contribution in [0.1, 0.15) is 103 Å². The molecule has 0 radical (unpaired) electrons. The highest BCUT2D eigenvalue weighted by Crippen LogP contribution is 2.27. The zero-order chi connectivity index (χ0) is 23.8. The van der Waals surface area contributed by atoms with Crippen molar-refractivity contribution in [3.63, 3.8) is 0 Å². The molecule has 0 spiro atoms. The maximum atomic E-state index is 12.1. The average molecular weight is 479 g/mol. The van der Waals surface area contributed by atoms with E-state index in [2.05, 4.69) is 10.6 Å². The van der Waals surface area contributed by atoms with Gasteiger partial charge in [-0.3, -0.25) is 9.59 Å². The smallest absolute Gasteiger partial charge is 0.220 e. The highest BCUT2D eigenvalue weighted by Gasteiger charge is 2.22. The Hall–Kier alpha value is -1.14. The zero-order valence-electron chi connectivity index (χ0n) is 21.9. The Balaban J connectivity index is 1.11. The van der Waals surface area contributed by atoms with E-state index in [1.807, 2.05) is 0 Å². The van der Waals surface area contributed by atoms with E-state index >= 15 is 0 Å². The summed E-state index contributed by atoms with van der Waals surface area (Å²) < 4.78 is 0. The van der Waals surface area contributed by atoms with Crippen LogP contribution >= 0.6 is 0 Å². The Morgan fingerprint density at radius 2 is 0.971 bits per heavy atom. The van der Waals surface area contributed by atoms with Gasteiger partial charge in [-0.05, 0) is 24.7 Å². The van der Waals surface area contributed by atoms with E-state index in [0.29, 0.717) is 0 Å². The second kappa shape index (κ2) is 16.5. The second-order valence-electron chi connectivity index (χ2n) is 11.5.